The summed E-state index contributed by atoms with van der Waals surface area (Å²) >= 11 is 1.79. The number of rotatable bonds is 9. The zero-order valence-corrected chi connectivity index (χ0v) is 16.2. The number of ether oxygens (including phenoxy) is 1. The molecule has 1 aromatic carbocycles. The minimum atomic E-state index is 0.688. The first-order valence-electron chi connectivity index (χ1n) is 8.79. The van der Waals surface area contributed by atoms with Crippen molar-refractivity contribution in [3.63, 3.8) is 0 Å². The summed E-state index contributed by atoms with van der Waals surface area (Å²) in [5.41, 5.74) is 1.17. The van der Waals surface area contributed by atoms with E-state index in [1.54, 1.807) is 18.4 Å². The number of thiazole rings is 1. The van der Waals surface area contributed by atoms with Crippen LogP contribution in [-0.2, 0) is 12.8 Å². The second kappa shape index (κ2) is 10.7. The van der Waals surface area contributed by atoms with Gasteiger partial charge in [-0.05, 0) is 31.4 Å². The second-order valence-corrected chi connectivity index (χ2v) is 6.92. The van der Waals surface area contributed by atoms with Crippen molar-refractivity contribution in [2.24, 2.45) is 4.99 Å². The van der Waals surface area contributed by atoms with E-state index in [9.17, 15) is 0 Å². The van der Waals surface area contributed by atoms with Crippen molar-refractivity contribution in [2.45, 2.75) is 33.1 Å². The van der Waals surface area contributed by atoms with Crippen LogP contribution in [0.5, 0.6) is 5.75 Å². The minimum absolute atomic E-state index is 0.688. The molecule has 0 atom stereocenters. The van der Waals surface area contributed by atoms with Gasteiger partial charge in [-0.25, -0.2) is 4.98 Å². The first-order chi connectivity index (χ1) is 12.2. The van der Waals surface area contributed by atoms with Crippen LogP contribution < -0.4 is 15.4 Å². The van der Waals surface area contributed by atoms with Crippen LogP contribution in [0, 0.1) is 6.92 Å². The summed E-state index contributed by atoms with van der Waals surface area (Å²) in [6.45, 7) is 6.56. The van der Waals surface area contributed by atoms with E-state index < -0.39 is 0 Å². The Hall–Kier alpha value is -2.08. The molecule has 1 heterocycles. The van der Waals surface area contributed by atoms with Crippen molar-refractivity contribution in [3.8, 4) is 5.75 Å². The number of para-hydroxylation sites is 1. The summed E-state index contributed by atoms with van der Waals surface area (Å²) in [5.74, 6) is 1.78. The molecule has 0 fully saturated rings. The molecule has 0 unspecified atom stereocenters. The number of benzene rings is 1. The molecule has 6 heteroatoms. The van der Waals surface area contributed by atoms with Crippen molar-refractivity contribution in [1.82, 2.24) is 15.6 Å². The standard InChI is InChI=1S/C19H28N4OS/c1-4-16-14-23-18(25-16)10-12-22-19(20-3)21-11-7-13-24-17-9-6-5-8-15(17)2/h5-6,8-9,14H,4,7,10-13H2,1-3H3,(H2,20,21,22). The monoisotopic (exact) mass is 360 g/mol. The summed E-state index contributed by atoms with van der Waals surface area (Å²) in [7, 11) is 1.79. The molecular formula is C19H28N4OS. The van der Waals surface area contributed by atoms with Crippen LogP contribution in [0.1, 0.15) is 28.8 Å². The number of aryl methyl sites for hydroxylation is 2. The highest BCUT2D eigenvalue weighted by Crippen LogP contribution is 2.16. The van der Waals surface area contributed by atoms with Gasteiger partial charge in [-0.3, -0.25) is 4.99 Å². The number of aromatic nitrogens is 1. The van der Waals surface area contributed by atoms with Gasteiger partial charge in [0.05, 0.1) is 11.6 Å². The molecular weight excluding hydrogens is 332 g/mol. The molecule has 0 aliphatic rings. The fraction of sp³-hybridized carbons (Fsp3) is 0.474. The molecule has 1 aromatic heterocycles. The Morgan fingerprint density at radius 3 is 2.76 bits per heavy atom. The van der Waals surface area contributed by atoms with E-state index in [1.165, 1.54) is 15.4 Å². The van der Waals surface area contributed by atoms with Gasteiger partial charge < -0.3 is 15.4 Å². The molecule has 0 aliphatic heterocycles. The van der Waals surface area contributed by atoms with E-state index in [-0.39, 0.29) is 0 Å². The average molecular weight is 361 g/mol. The highest BCUT2D eigenvalue weighted by atomic mass is 32.1. The lowest BCUT2D eigenvalue weighted by Crippen LogP contribution is -2.39. The lowest BCUT2D eigenvalue weighted by atomic mass is 10.2. The number of nitrogens with zero attached hydrogens (tertiary/aromatic N) is 2. The van der Waals surface area contributed by atoms with Crippen LogP contribution in [0.2, 0.25) is 0 Å². The number of guanidine groups is 1. The summed E-state index contributed by atoms with van der Waals surface area (Å²) in [6, 6.07) is 8.09. The van der Waals surface area contributed by atoms with Crippen molar-refractivity contribution >= 4 is 17.3 Å². The van der Waals surface area contributed by atoms with Crippen LogP contribution >= 0.6 is 11.3 Å². The molecule has 0 amide bonds. The van der Waals surface area contributed by atoms with Gasteiger partial charge in [0.15, 0.2) is 5.96 Å². The average Bonchev–Trinajstić information content (AvgIpc) is 3.09. The first kappa shape index (κ1) is 19.2. The zero-order valence-electron chi connectivity index (χ0n) is 15.3. The van der Waals surface area contributed by atoms with Crippen molar-refractivity contribution in [1.29, 1.82) is 0 Å². The highest BCUT2D eigenvalue weighted by Gasteiger charge is 2.02. The van der Waals surface area contributed by atoms with E-state index in [0.29, 0.717) is 6.61 Å². The smallest absolute Gasteiger partial charge is 0.190 e. The number of aliphatic imine (C=N–C) groups is 1. The van der Waals surface area contributed by atoms with Gasteiger partial charge in [0.1, 0.15) is 5.75 Å². The van der Waals surface area contributed by atoms with Crippen molar-refractivity contribution in [3.05, 3.63) is 45.9 Å². The van der Waals surface area contributed by atoms with E-state index in [1.807, 2.05) is 24.4 Å². The Morgan fingerprint density at radius 1 is 1.24 bits per heavy atom. The molecule has 0 spiro atoms. The number of hydrogen-bond donors (Lipinski definition) is 2. The maximum atomic E-state index is 5.80. The van der Waals surface area contributed by atoms with Gasteiger partial charge in [0, 0.05) is 37.6 Å². The molecule has 0 saturated heterocycles. The van der Waals surface area contributed by atoms with Crippen molar-refractivity contribution in [2.75, 3.05) is 26.7 Å². The van der Waals surface area contributed by atoms with Crippen molar-refractivity contribution < 1.29 is 4.74 Å². The minimum Gasteiger partial charge on any atom is -0.493 e. The third kappa shape index (κ3) is 6.74. The molecule has 0 radical (unpaired) electrons. The molecule has 0 aliphatic carbocycles. The molecule has 136 valence electrons. The fourth-order valence-corrected chi connectivity index (χ4v) is 3.18. The molecule has 5 nitrogen and oxygen atoms in total. The Balaban J connectivity index is 1.59. The van der Waals surface area contributed by atoms with E-state index >= 15 is 0 Å². The SMILES string of the molecule is CCc1cnc(CCNC(=NC)NCCCOc2ccccc2C)s1. The predicted octanol–water partition coefficient (Wildman–Crippen LogP) is 3.19. The van der Waals surface area contributed by atoms with Gasteiger partial charge in [0.2, 0.25) is 0 Å². The second-order valence-electron chi connectivity index (χ2n) is 5.72. The largest absolute Gasteiger partial charge is 0.493 e. The number of hydrogen-bond acceptors (Lipinski definition) is 4. The van der Waals surface area contributed by atoms with Gasteiger partial charge in [-0.2, -0.15) is 0 Å². The highest BCUT2D eigenvalue weighted by molar-refractivity contribution is 7.11. The normalized spacial score (nSPS) is 11.4. The molecule has 0 bridgehead atoms. The summed E-state index contributed by atoms with van der Waals surface area (Å²) in [5, 5.41) is 7.82. The predicted molar refractivity (Wildman–Crippen MR) is 106 cm³/mol. The summed E-state index contributed by atoms with van der Waals surface area (Å²) in [4.78, 5) is 10.0. The third-order valence-electron chi connectivity index (χ3n) is 3.77. The Labute approximate surface area is 154 Å². The first-order valence-corrected chi connectivity index (χ1v) is 9.61. The van der Waals surface area contributed by atoms with E-state index in [4.69, 9.17) is 4.74 Å². The third-order valence-corrected chi connectivity index (χ3v) is 4.97. The van der Waals surface area contributed by atoms with Crippen LogP contribution in [0.15, 0.2) is 35.5 Å². The van der Waals surface area contributed by atoms with Crippen LogP contribution in [0.25, 0.3) is 0 Å². The number of nitrogens with one attached hydrogen (secondary N) is 2. The zero-order chi connectivity index (χ0) is 17.9. The van der Waals surface area contributed by atoms with E-state index in [0.717, 1.165) is 44.1 Å². The topological polar surface area (TPSA) is 58.5 Å². The lowest BCUT2D eigenvalue weighted by molar-refractivity contribution is 0.309. The maximum absolute atomic E-state index is 5.80. The molecule has 2 aromatic rings. The van der Waals surface area contributed by atoms with Crippen LogP contribution in [0.4, 0.5) is 0 Å². The Bertz CT molecular complexity index is 669. The molecule has 2 N–H and O–H groups in total. The Morgan fingerprint density at radius 2 is 2.04 bits per heavy atom. The van der Waals surface area contributed by atoms with Gasteiger partial charge in [0.25, 0.3) is 0 Å². The maximum Gasteiger partial charge on any atom is 0.190 e. The summed E-state index contributed by atoms with van der Waals surface area (Å²) in [6.07, 6.45) is 4.86. The molecule has 2 rings (SSSR count). The lowest BCUT2D eigenvalue weighted by Gasteiger charge is -2.12. The van der Waals surface area contributed by atoms with Gasteiger partial charge >= 0.3 is 0 Å². The Kier molecular flexibility index (Phi) is 8.25. The molecule has 0 saturated carbocycles. The summed E-state index contributed by atoms with van der Waals surface area (Å²) < 4.78 is 5.80. The van der Waals surface area contributed by atoms with Gasteiger partial charge in [-0.1, -0.05) is 25.1 Å². The van der Waals surface area contributed by atoms with Gasteiger partial charge in [-0.15, -0.1) is 11.3 Å². The van der Waals surface area contributed by atoms with E-state index in [2.05, 4.69) is 40.5 Å². The van der Waals surface area contributed by atoms with Crippen LogP contribution in [0.3, 0.4) is 0 Å². The fourth-order valence-electron chi connectivity index (χ4n) is 2.31. The molecule has 25 heavy (non-hydrogen) atoms. The van der Waals surface area contributed by atoms with Crippen LogP contribution in [-0.4, -0.2) is 37.7 Å². The quantitative estimate of drug-likeness (QED) is 0.410.